The third-order valence-electron chi connectivity index (χ3n) is 2.32. The number of ketones is 1. The second-order valence-electron chi connectivity index (χ2n) is 3.69. The fourth-order valence-electron chi connectivity index (χ4n) is 1.59. The molecule has 98 valence electrons. The predicted molar refractivity (Wildman–Crippen MR) is 60.8 cm³/mol. The lowest BCUT2D eigenvalue weighted by molar-refractivity contribution is -0.147. The minimum absolute atomic E-state index is 0.0147. The molecule has 2 N–H and O–H groups in total. The van der Waals surface area contributed by atoms with Crippen LogP contribution in [0.3, 0.4) is 0 Å². The Morgan fingerprint density at radius 3 is 2.22 bits per heavy atom. The van der Waals surface area contributed by atoms with E-state index in [2.05, 4.69) is 4.74 Å². The lowest BCUT2D eigenvalue weighted by Gasteiger charge is -2.15. The second kappa shape index (κ2) is 5.57. The van der Waals surface area contributed by atoms with Gasteiger partial charge in [-0.25, -0.2) is 8.78 Å². The van der Waals surface area contributed by atoms with E-state index in [1.54, 1.807) is 0 Å². The van der Waals surface area contributed by atoms with Crippen molar-refractivity contribution in [2.45, 2.75) is 19.8 Å². The number of nitrogens with two attached hydrogens (primary N) is 1. The molecule has 1 aromatic carbocycles. The molecule has 0 fully saturated rings. The van der Waals surface area contributed by atoms with E-state index in [1.807, 2.05) is 0 Å². The maximum atomic E-state index is 13.6. The minimum Gasteiger partial charge on any atom is -0.465 e. The van der Waals surface area contributed by atoms with Crippen LogP contribution in [0.2, 0.25) is 0 Å². The Morgan fingerprint density at radius 2 is 1.83 bits per heavy atom. The van der Waals surface area contributed by atoms with E-state index in [1.165, 1.54) is 6.92 Å². The molecule has 0 aliphatic rings. The summed E-state index contributed by atoms with van der Waals surface area (Å²) in [4.78, 5) is 23.0. The smallest absolute Gasteiger partial charge is 0.321 e. The first kappa shape index (κ1) is 14.1. The van der Waals surface area contributed by atoms with Gasteiger partial charge in [0.05, 0.1) is 6.61 Å². The van der Waals surface area contributed by atoms with Crippen molar-refractivity contribution in [2.75, 3.05) is 12.3 Å². The van der Waals surface area contributed by atoms with Crippen LogP contribution in [0.4, 0.5) is 14.5 Å². The fraction of sp³-hybridized carbons (Fsp3) is 0.333. The number of halogens is 2. The number of hydrogen-bond acceptors (Lipinski definition) is 4. The largest absolute Gasteiger partial charge is 0.465 e. The molecular weight excluding hydrogens is 244 g/mol. The third-order valence-corrected chi connectivity index (χ3v) is 2.32. The van der Waals surface area contributed by atoms with Crippen LogP contribution in [-0.2, 0) is 14.3 Å². The molecule has 0 aromatic heterocycles. The molecule has 6 heteroatoms. The summed E-state index contributed by atoms with van der Waals surface area (Å²) in [6.07, 6.45) is 0. The van der Waals surface area contributed by atoms with Crippen molar-refractivity contribution >= 4 is 17.4 Å². The van der Waals surface area contributed by atoms with Crippen molar-refractivity contribution in [2.24, 2.45) is 0 Å². The van der Waals surface area contributed by atoms with Gasteiger partial charge in [-0.15, -0.1) is 0 Å². The zero-order valence-corrected chi connectivity index (χ0v) is 10.00. The Morgan fingerprint density at radius 1 is 1.33 bits per heavy atom. The molecule has 18 heavy (non-hydrogen) atoms. The van der Waals surface area contributed by atoms with Crippen molar-refractivity contribution in [1.29, 1.82) is 0 Å². The highest BCUT2D eigenvalue weighted by Crippen LogP contribution is 2.27. The standard InChI is InChI=1S/C12H13F2NO3/c1-3-18-12(17)10(6(2)16)11-8(13)4-7(15)5-9(11)14/h4-5,10H,3,15H2,1-2H3. The van der Waals surface area contributed by atoms with E-state index in [4.69, 9.17) is 5.73 Å². The monoisotopic (exact) mass is 257 g/mol. The van der Waals surface area contributed by atoms with Crippen LogP contribution >= 0.6 is 0 Å². The van der Waals surface area contributed by atoms with Crippen molar-refractivity contribution in [3.63, 3.8) is 0 Å². The Kier molecular flexibility index (Phi) is 4.36. The lowest BCUT2D eigenvalue weighted by Crippen LogP contribution is -2.24. The second-order valence-corrected chi connectivity index (χ2v) is 3.69. The Hall–Kier alpha value is -1.98. The van der Waals surface area contributed by atoms with Crippen molar-refractivity contribution in [1.82, 2.24) is 0 Å². The van der Waals surface area contributed by atoms with Crippen molar-refractivity contribution in [3.8, 4) is 0 Å². The van der Waals surface area contributed by atoms with E-state index in [-0.39, 0.29) is 12.3 Å². The summed E-state index contributed by atoms with van der Waals surface area (Å²) in [5, 5.41) is 0. The third kappa shape index (κ3) is 2.82. The summed E-state index contributed by atoms with van der Waals surface area (Å²) < 4.78 is 31.9. The number of anilines is 1. The van der Waals surface area contributed by atoms with Crippen molar-refractivity contribution < 1.29 is 23.1 Å². The van der Waals surface area contributed by atoms with Gasteiger partial charge in [-0.05, 0) is 26.0 Å². The highest BCUT2D eigenvalue weighted by atomic mass is 19.1. The first-order valence-corrected chi connectivity index (χ1v) is 5.30. The molecule has 0 spiro atoms. The summed E-state index contributed by atoms with van der Waals surface area (Å²) in [6, 6.07) is 1.71. The number of esters is 1. The number of Topliss-reactive ketones (excluding diaryl/α,β-unsaturated/α-hetero) is 1. The number of ether oxygens (including phenoxy) is 1. The molecule has 0 aliphatic carbocycles. The summed E-state index contributed by atoms with van der Waals surface area (Å²) in [5.74, 6) is -5.37. The highest BCUT2D eigenvalue weighted by Gasteiger charge is 2.32. The Labute approximate surface area is 103 Å². The number of carbonyl (C=O) groups excluding carboxylic acids is 2. The molecule has 0 saturated heterocycles. The summed E-state index contributed by atoms with van der Waals surface area (Å²) in [6.45, 7) is 2.61. The van der Waals surface area contributed by atoms with Crippen LogP contribution in [0.15, 0.2) is 12.1 Å². The molecule has 1 unspecified atom stereocenters. The van der Waals surface area contributed by atoms with Gasteiger partial charge in [0, 0.05) is 11.3 Å². The molecule has 0 bridgehead atoms. The average Bonchev–Trinajstić information content (AvgIpc) is 2.22. The molecule has 0 radical (unpaired) electrons. The van der Waals surface area contributed by atoms with Gasteiger partial charge in [-0.2, -0.15) is 0 Å². The Balaban J connectivity index is 3.31. The topological polar surface area (TPSA) is 69.4 Å². The van der Waals surface area contributed by atoms with Gasteiger partial charge in [0.15, 0.2) is 0 Å². The number of benzene rings is 1. The predicted octanol–water partition coefficient (Wildman–Crippen LogP) is 1.78. The van der Waals surface area contributed by atoms with Gasteiger partial charge < -0.3 is 10.5 Å². The molecule has 1 atom stereocenters. The van der Waals surface area contributed by atoms with Gasteiger partial charge >= 0.3 is 5.97 Å². The molecule has 0 amide bonds. The zero-order valence-electron chi connectivity index (χ0n) is 10.00. The van der Waals surface area contributed by atoms with E-state index >= 15 is 0 Å². The molecule has 0 saturated carbocycles. The van der Waals surface area contributed by atoms with Crippen LogP contribution in [0.1, 0.15) is 25.3 Å². The number of rotatable bonds is 4. The summed E-state index contributed by atoms with van der Waals surface area (Å²) in [5.41, 5.74) is 4.50. The number of carbonyl (C=O) groups is 2. The highest BCUT2D eigenvalue weighted by molar-refractivity contribution is 6.03. The van der Waals surface area contributed by atoms with Gasteiger partial charge in [0.1, 0.15) is 23.3 Å². The van der Waals surface area contributed by atoms with Crippen LogP contribution in [-0.4, -0.2) is 18.4 Å². The van der Waals surface area contributed by atoms with Crippen LogP contribution in [0.25, 0.3) is 0 Å². The summed E-state index contributed by atoms with van der Waals surface area (Å²) in [7, 11) is 0. The lowest BCUT2D eigenvalue weighted by atomic mass is 9.94. The molecular formula is C12H13F2NO3. The SMILES string of the molecule is CCOC(=O)C(C(C)=O)c1c(F)cc(N)cc1F. The zero-order chi connectivity index (χ0) is 13.9. The van der Waals surface area contributed by atoms with Crippen LogP contribution in [0.5, 0.6) is 0 Å². The maximum Gasteiger partial charge on any atom is 0.321 e. The van der Waals surface area contributed by atoms with E-state index in [9.17, 15) is 18.4 Å². The average molecular weight is 257 g/mol. The first-order chi connectivity index (χ1) is 8.38. The molecule has 0 aliphatic heterocycles. The molecule has 1 rings (SSSR count). The van der Waals surface area contributed by atoms with E-state index in [0.29, 0.717) is 0 Å². The van der Waals surface area contributed by atoms with Gasteiger partial charge in [0.25, 0.3) is 0 Å². The molecule has 0 heterocycles. The first-order valence-electron chi connectivity index (χ1n) is 5.30. The maximum absolute atomic E-state index is 13.6. The van der Waals surface area contributed by atoms with Crippen LogP contribution < -0.4 is 5.73 Å². The molecule has 4 nitrogen and oxygen atoms in total. The fourth-order valence-corrected chi connectivity index (χ4v) is 1.59. The van der Waals surface area contributed by atoms with E-state index < -0.39 is 34.9 Å². The quantitative estimate of drug-likeness (QED) is 0.507. The van der Waals surface area contributed by atoms with Gasteiger partial charge in [-0.3, -0.25) is 9.59 Å². The Bertz CT molecular complexity index is 465. The van der Waals surface area contributed by atoms with Crippen molar-refractivity contribution in [3.05, 3.63) is 29.3 Å². The normalized spacial score (nSPS) is 12.0. The van der Waals surface area contributed by atoms with Crippen LogP contribution in [0, 0.1) is 11.6 Å². The van der Waals surface area contributed by atoms with Gasteiger partial charge in [0.2, 0.25) is 0 Å². The van der Waals surface area contributed by atoms with E-state index in [0.717, 1.165) is 19.1 Å². The number of nitrogen functional groups attached to an aromatic ring is 1. The summed E-state index contributed by atoms with van der Waals surface area (Å²) >= 11 is 0. The van der Waals surface area contributed by atoms with Gasteiger partial charge in [-0.1, -0.05) is 0 Å². The minimum atomic E-state index is -1.61. The molecule has 1 aromatic rings. The number of hydrogen-bond donors (Lipinski definition) is 1.